The van der Waals surface area contributed by atoms with E-state index in [1.54, 1.807) is 42.5 Å². The molecule has 1 heterocycles. The molecule has 2 atom stereocenters. The van der Waals surface area contributed by atoms with Crippen LogP contribution in [0.25, 0.3) is 0 Å². The molecule has 2 amide bonds. The number of allylic oxidation sites excluding steroid dienone is 2. The van der Waals surface area contributed by atoms with E-state index < -0.39 is 11.8 Å². The second-order valence-electron chi connectivity index (χ2n) is 8.83. The predicted octanol–water partition coefficient (Wildman–Crippen LogP) is 6.01. The van der Waals surface area contributed by atoms with Crippen molar-refractivity contribution in [2.75, 3.05) is 4.90 Å². The molecule has 0 spiro atoms. The van der Waals surface area contributed by atoms with E-state index in [9.17, 15) is 14.4 Å². The number of nitrogens with zero attached hydrogens (tertiary/aromatic N) is 1. The van der Waals surface area contributed by atoms with Crippen LogP contribution in [-0.2, 0) is 9.59 Å². The van der Waals surface area contributed by atoms with E-state index in [1.807, 2.05) is 30.3 Å². The summed E-state index contributed by atoms with van der Waals surface area (Å²) < 4.78 is 0. The van der Waals surface area contributed by atoms with E-state index in [-0.39, 0.29) is 29.6 Å². The molecule has 5 rings (SSSR count). The lowest BCUT2D eigenvalue weighted by Gasteiger charge is -2.41. The summed E-state index contributed by atoms with van der Waals surface area (Å²) in [5.41, 5.74) is 9.12. The highest BCUT2D eigenvalue weighted by molar-refractivity contribution is 6.35. The number of anilines is 1. The van der Waals surface area contributed by atoms with Crippen molar-refractivity contribution in [3.05, 3.63) is 111 Å². The van der Waals surface area contributed by atoms with Crippen molar-refractivity contribution in [1.29, 1.82) is 0 Å². The summed E-state index contributed by atoms with van der Waals surface area (Å²) in [5.74, 6) is -1.50. The number of benzene rings is 3. The first kappa shape index (κ1) is 23.3. The Kier molecular flexibility index (Phi) is 6.22. The average Bonchev–Trinajstić information content (AvgIpc) is 2.84. The van der Waals surface area contributed by atoms with Gasteiger partial charge in [-0.15, -0.1) is 0 Å². The maximum atomic E-state index is 13.7. The van der Waals surface area contributed by atoms with Crippen LogP contribution in [0.4, 0.5) is 5.69 Å². The summed E-state index contributed by atoms with van der Waals surface area (Å²) >= 11 is 12.6. The predicted molar refractivity (Wildman–Crippen MR) is 137 cm³/mol. The molecule has 2 unspecified atom stereocenters. The van der Waals surface area contributed by atoms with Gasteiger partial charge >= 0.3 is 0 Å². The fourth-order valence-electron chi connectivity index (χ4n) is 5.20. The number of carbonyl (C=O) groups is 3. The van der Waals surface area contributed by atoms with E-state index >= 15 is 0 Å². The van der Waals surface area contributed by atoms with Crippen LogP contribution in [0.2, 0.25) is 10.0 Å². The Morgan fingerprint density at radius 2 is 1.60 bits per heavy atom. The van der Waals surface area contributed by atoms with Gasteiger partial charge in [-0.25, -0.2) is 0 Å². The standard InChI is InChI=1S/C28H22Cl2N2O3/c29-18-10-11-19(22(30)14-18)21-15-26(34)32(23-9-5-4-8-20(23)28(31)35)24-12-17(13-25(33)27(21)24)16-6-2-1-3-7-16/h1-11,14,17,21H,12-13,15H2,(H2,31,35). The van der Waals surface area contributed by atoms with Gasteiger partial charge in [0.15, 0.2) is 5.78 Å². The number of amides is 2. The zero-order chi connectivity index (χ0) is 24.7. The Morgan fingerprint density at radius 3 is 2.31 bits per heavy atom. The zero-order valence-electron chi connectivity index (χ0n) is 18.7. The average molecular weight is 505 g/mol. The van der Waals surface area contributed by atoms with Crippen LogP contribution in [0.15, 0.2) is 84.1 Å². The van der Waals surface area contributed by atoms with Crippen molar-refractivity contribution in [2.24, 2.45) is 5.73 Å². The molecule has 0 saturated heterocycles. The summed E-state index contributed by atoms with van der Waals surface area (Å²) in [6.07, 6.45) is 0.824. The molecule has 7 heteroatoms. The first-order chi connectivity index (χ1) is 16.8. The molecule has 176 valence electrons. The molecule has 3 aromatic rings. The number of nitrogens with two attached hydrogens (primary N) is 1. The van der Waals surface area contributed by atoms with E-state index in [1.165, 1.54) is 4.90 Å². The SMILES string of the molecule is NC(=O)c1ccccc1N1C(=O)CC(c2ccc(Cl)cc2Cl)C2=C1CC(c1ccccc1)CC2=O. The Labute approximate surface area is 213 Å². The molecule has 1 aliphatic carbocycles. The highest BCUT2D eigenvalue weighted by Gasteiger charge is 2.43. The van der Waals surface area contributed by atoms with Crippen molar-refractivity contribution < 1.29 is 14.4 Å². The molecular formula is C28H22Cl2N2O3. The van der Waals surface area contributed by atoms with Gasteiger partial charge < -0.3 is 5.73 Å². The van der Waals surface area contributed by atoms with E-state index in [2.05, 4.69) is 0 Å². The van der Waals surface area contributed by atoms with E-state index in [0.717, 1.165) is 5.56 Å². The Hall–Kier alpha value is -3.41. The van der Waals surface area contributed by atoms with Crippen LogP contribution in [0.3, 0.4) is 0 Å². The van der Waals surface area contributed by atoms with E-state index in [4.69, 9.17) is 28.9 Å². The summed E-state index contributed by atoms with van der Waals surface area (Å²) in [7, 11) is 0. The van der Waals surface area contributed by atoms with Crippen LogP contribution >= 0.6 is 23.2 Å². The second-order valence-corrected chi connectivity index (χ2v) is 9.68. The van der Waals surface area contributed by atoms with Gasteiger partial charge in [0.25, 0.3) is 5.91 Å². The molecule has 35 heavy (non-hydrogen) atoms. The normalized spacial score (nSPS) is 20.1. The number of ketones is 1. The lowest BCUT2D eigenvalue weighted by Crippen LogP contribution is -2.42. The van der Waals surface area contributed by atoms with Crippen molar-refractivity contribution in [2.45, 2.75) is 31.1 Å². The Bertz CT molecular complexity index is 1380. The largest absolute Gasteiger partial charge is 0.366 e. The summed E-state index contributed by atoms with van der Waals surface area (Å²) in [5, 5.41) is 0.886. The number of Topliss-reactive ketones (excluding diaryl/α,β-unsaturated/α-hetero) is 1. The van der Waals surface area contributed by atoms with Gasteiger partial charge in [0.2, 0.25) is 5.91 Å². The fraction of sp³-hybridized carbons (Fsp3) is 0.179. The summed E-state index contributed by atoms with van der Waals surface area (Å²) in [6, 6.07) is 21.6. The second kappa shape index (κ2) is 9.33. The summed E-state index contributed by atoms with van der Waals surface area (Å²) in [6.45, 7) is 0. The molecule has 2 aliphatic rings. The third kappa shape index (κ3) is 4.26. The van der Waals surface area contributed by atoms with Gasteiger partial charge in [-0.1, -0.05) is 71.7 Å². The van der Waals surface area contributed by atoms with Crippen LogP contribution in [0.5, 0.6) is 0 Å². The molecule has 0 saturated carbocycles. The molecule has 1 aliphatic heterocycles. The van der Waals surface area contributed by atoms with Gasteiger partial charge in [0.05, 0.1) is 11.3 Å². The molecule has 5 nitrogen and oxygen atoms in total. The minimum atomic E-state index is -0.639. The van der Waals surface area contributed by atoms with Crippen molar-refractivity contribution in [3.63, 3.8) is 0 Å². The van der Waals surface area contributed by atoms with Crippen LogP contribution in [-0.4, -0.2) is 17.6 Å². The van der Waals surface area contributed by atoms with Crippen LogP contribution < -0.4 is 10.6 Å². The van der Waals surface area contributed by atoms with Crippen LogP contribution in [0.1, 0.15) is 52.6 Å². The maximum absolute atomic E-state index is 13.7. The zero-order valence-corrected chi connectivity index (χ0v) is 20.2. The van der Waals surface area contributed by atoms with Gasteiger partial charge in [-0.3, -0.25) is 19.3 Å². The number of para-hydroxylation sites is 1. The minimum Gasteiger partial charge on any atom is -0.366 e. The monoisotopic (exact) mass is 504 g/mol. The van der Waals surface area contributed by atoms with Gasteiger partial charge in [0, 0.05) is 40.1 Å². The first-order valence-corrected chi connectivity index (χ1v) is 12.1. The lowest BCUT2D eigenvalue weighted by molar-refractivity contribution is -0.120. The smallest absolute Gasteiger partial charge is 0.250 e. The molecule has 0 bridgehead atoms. The highest BCUT2D eigenvalue weighted by atomic mass is 35.5. The third-order valence-electron chi connectivity index (χ3n) is 6.75. The Balaban J connectivity index is 1.71. The molecular weight excluding hydrogens is 483 g/mol. The minimum absolute atomic E-state index is 0.0367. The molecule has 0 fully saturated rings. The highest BCUT2D eigenvalue weighted by Crippen LogP contribution is 2.48. The number of primary amides is 1. The van der Waals surface area contributed by atoms with Gasteiger partial charge in [-0.05, 0) is 47.7 Å². The van der Waals surface area contributed by atoms with Gasteiger partial charge in [0.1, 0.15) is 0 Å². The van der Waals surface area contributed by atoms with E-state index in [0.29, 0.717) is 45.4 Å². The number of hydrogen-bond donors (Lipinski definition) is 1. The van der Waals surface area contributed by atoms with Gasteiger partial charge in [-0.2, -0.15) is 0 Å². The topological polar surface area (TPSA) is 80.5 Å². The number of halogens is 2. The quantitative estimate of drug-likeness (QED) is 0.471. The molecule has 0 aromatic heterocycles. The fourth-order valence-corrected chi connectivity index (χ4v) is 5.74. The molecule has 0 radical (unpaired) electrons. The number of hydrogen-bond acceptors (Lipinski definition) is 3. The number of carbonyl (C=O) groups excluding carboxylic acids is 3. The van der Waals surface area contributed by atoms with Crippen molar-refractivity contribution in [1.82, 2.24) is 0 Å². The first-order valence-electron chi connectivity index (χ1n) is 11.3. The van der Waals surface area contributed by atoms with Crippen molar-refractivity contribution >= 4 is 46.5 Å². The molecule has 2 N–H and O–H groups in total. The van der Waals surface area contributed by atoms with Crippen LogP contribution in [0, 0.1) is 0 Å². The Morgan fingerprint density at radius 1 is 0.886 bits per heavy atom. The third-order valence-corrected chi connectivity index (χ3v) is 7.31. The number of rotatable bonds is 4. The molecule has 3 aromatic carbocycles. The van der Waals surface area contributed by atoms with Crippen molar-refractivity contribution in [3.8, 4) is 0 Å². The summed E-state index contributed by atoms with van der Waals surface area (Å²) in [4.78, 5) is 41.1. The lowest BCUT2D eigenvalue weighted by atomic mass is 9.72. The maximum Gasteiger partial charge on any atom is 0.250 e.